The Balaban J connectivity index is 2.10. The smallest absolute Gasteiger partial charge is 0.123 e. The van der Waals surface area contributed by atoms with Crippen molar-refractivity contribution in [2.45, 2.75) is 12.8 Å². The van der Waals surface area contributed by atoms with E-state index in [1.54, 1.807) is 7.11 Å². The zero-order valence-electron chi connectivity index (χ0n) is 11.8. The van der Waals surface area contributed by atoms with Gasteiger partial charge in [0.1, 0.15) is 11.6 Å². The largest absolute Gasteiger partial charge is 0.497 e. The van der Waals surface area contributed by atoms with Gasteiger partial charge in [0, 0.05) is 9.80 Å². The van der Waals surface area contributed by atoms with Crippen LogP contribution in [-0.4, -0.2) is 12.4 Å². The Labute approximate surface area is 141 Å². The fourth-order valence-corrected chi connectivity index (χ4v) is 3.15. The summed E-state index contributed by atoms with van der Waals surface area (Å²) in [5, 5.41) is 0.897. The Morgan fingerprint density at radius 2 is 1.81 bits per heavy atom. The van der Waals surface area contributed by atoms with Gasteiger partial charge in [0.15, 0.2) is 0 Å². The highest BCUT2D eigenvalue weighted by atomic mass is 79.9. The first kappa shape index (κ1) is 16.5. The number of methoxy groups -OCH3 is 1. The maximum absolute atomic E-state index is 13.0. The van der Waals surface area contributed by atoms with Gasteiger partial charge < -0.3 is 4.74 Å². The lowest BCUT2D eigenvalue weighted by molar-refractivity contribution is 0.413. The van der Waals surface area contributed by atoms with Crippen LogP contribution in [0, 0.1) is 11.7 Å². The Kier molecular flexibility index (Phi) is 6.24. The lowest BCUT2D eigenvalue weighted by Crippen LogP contribution is -2.10. The first-order chi connectivity index (χ1) is 10.1. The summed E-state index contributed by atoms with van der Waals surface area (Å²) in [6, 6.07) is 12.7. The molecule has 2 aromatic carbocycles. The van der Waals surface area contributed by atoms with Gasteiger partial charge in [-0.05, 0) is 60.2 Å². The molecule has 0 radical (unpaired) electrons. The summed E-state index contributed by atoms with van der Waals surface area (Å²) in [6.45, 7) is 0. The maximum Gasteiger partial charge on any atom is 0.123 e. The Bertz CT molecular complexity index is 584. The lowest BCUT2D eigenvalue weighted by atomic mass is 9.94. The van der Waals surface area contributed by atoms with E-state index in [1.165, 1.54) is 17.7 Å². The van der Waals surface area contributed by atoms with E-state index >= 15 is 0 Å². The van der Waals surface area contributed by atoms with Crippen molar-refractivity contribution in [2.24, 2.45) is 5.92 Å². The molecule has 2 aromatic rings. The molecule has 1 atom stereocenters. The molecule has 0 aliphatic carbocycles. The molecule has 0 saturated heterocycles. The van der Waals surface area contributed by atoms with Crippen LogP contribution in [0.3, 0.4) is 0 Å². The highest BCUT2D eigenvalue weighted by molar-refractivity contribution is 9.10. The summed E-state index contributed by atoms with van der Waals surface area (Å²) in [7, 11) is 1.67. The maximum atomic E-state index is 13.0. The normalized spacial score (nSPS) is 12.2. The van der Waals surface area contributed by atoms with Crippen molar-refractivity contribution >= 4 is 31.9 Å². The molecule has 0 aliphatic rings. The second-order valence-electron chi connectivity index (χ2n) is 5.01. The molecule has 0 N–H and O–H groups in total. The van der Waals surface area contributed by atoms with Crippen molar-refractivity contribution in [3.05, 3.63) is 63.9 Å². The molecule has 1 unspecified atom stereocenters. The molecule has 4 heteroatoms. The van der Waals surface area contributed by atoms with E-state index in [0.717, 1.165) is 34.0 Å². The van der Waals surface area contributed by atoms with Crippen molar-refractivity contribution in [1.82, 2.24) is 0 Å². The summed E-state index contributed by atoms with van der Waals surface area (Å²) in [6.07, 6.45) is 1.84. The summed E-state index contributed by atoms with van der Waals surface area (Å²) in [4.78, 5) is 0. The average Bonchev–Trinajstić information content (AvgIpc) is 2.50. The molecular formula is C17H17Br2FO. The van der Waals surface area contributed by atoms with Crippen LogP contribution >= 0.6 is 31.9 Å². The number of rotatable bonds is 6. The SMILES string of the molecule is COc1ccc(Br)c(CC(CBr)Cc2ccc(F)cc2)c1. The molecule has 112 valence electrons. The van der Waals surface area contributed by atoms with E-state index < -0.39 is 0 Å². The first-order valence-corrected chi connectivity index (χ1v) is 8.66. The van der Waals surface area contributed by atoms with Gasteiger partial charge in [0.05, 0.1) is 7.11 Å². The van der Waals surface area contributed by atoms with E-state index in [-0.39, 0.29) is 5.82 Å². The minimum Gasteiger partial charge on any atom is -0.497 e. The minimum atomic E-state index is -0.190. The fraction of sp³-hybridized carbons (Fsp3) is 0.294. The summed E-state index contributed by atoms with van der Waals surface area (Å²) in [5.41, 5.74) is 2.38. The third-order valence-corrected chi connectivity index (χ3v) is 5.11. The van der Waals surface area contributed by atoms with Crippen LogP contribution < -0.4 is 4.74 Å². The van der Waals surface area contributed by atoms with Crippen molar-refractivity contribution in [3.8, 4) is 5.75 Å². The van der Waals surface area contributed by atoms with Crippen molar-refractivity contribution in [3.63, 3.8) is 0 Å². The molecule has 0 spiro atoms. The molecule has 0 bridgehead atoms. The molecule has 0 saturated carbocycles. The standard InChI is InChI=1S/C17H17Br2FO/c1-21-16-6-7-17(19)14(10-16)9-13(11-18)8-12-2-4-15(20)5-3-12/h2-7,10,13H,8-9,11H2,1H3. The molecule has 0 fully saturated rings. The quantitative estimate of drug-likeness (QED) is 0.574. The van der Waals surface area contributed by atoms with Gasteiger partial charge in [-0.3, -0.25) is 0 Å². The van der Waals surface area contributed by atoms with Crippen LogP contribution in [0.25, 0.3) is 0 Å². The van der Waals surface area contributed by atoms with Gasteiger partial charge in [0.2, 0.25) is 0 Å². The number of halogens is 3. The number of ether oxygens (including phenoxy) is 1. The summed E-state index contributed by atoms with van der Waals surface area (Å²) >= 11 is 7.18. The number of alkyl halides is 1. The van der Waals surface area contributed by atoms with Crippen LogP contribution in [0.2, 0.25) is 0 Å². The van der Waals surface area contributed by atoms with Crippen LogP contribution in [0.4, 0.5) is 4.39 Å². The predicted octanol–water partition coefficient (Wildman–Crippen LogP) is 5.39. The zero-order chi connectivity index (χ0) is 15.2. The number of hydrogen-bond acceptors (Lipinski definition) is 1. The molecule has 2 rings (SSSR count). The van der Waals surface area contributed by atoms with E-state index in [9.17, 15) is 4.39 Å². The lowest BCUT2D eigenvalue weighted by Gasteiger charge is -2.16. The summed E-state index contributed by atoms with van der Waals surface area (Å²) < 4.78 is 19.3. The van der Waals surface area contributed by atoms with Gasteiger partial charge >= 0.3 is 0 Å². The Morgan fingerprint density at radius 3 is 2.43 bits per heavy atom. The Morgan fingerprint density at radius 1 is 1.10 bits per heavy atom. The van der Waals surface area contributed by atoms with Crippen LogP contribution in [0.5, 0.6) is 5.75 Å². The topological polar surface area (TPSA) is 9.23 Å². The fourth-order valence-electron chi connectivity index (χ4n) is 2.28. The zero-order valence-corrected chi connectivity index (χ0v) is 15.0. The number of hydrogen-bond donors (Lipinski definition) is 0. The first-order valence-electron chi connectivity index (χ1n) is 6.75. The van der Waals surface area contributed by atoms with Crippen molar-refractivity contribution in [2.75, 3.05) is 12.4 Å². The molecule has 21 heavy (non-hydrogen) atoms. The molecule has 1 nitrogen and oxygen atoms in total. The van der Waals surface area contributed by atoms with Crippen LogP contribution in [0.1, 0.15) is 11.1 Å². The molecule has 0 heterocycles. The average molecular weight is 416 g/mol. The van der Waals surface area contributed by atoms with Gasteiger partial charge in [-0.2, -0.15) is 0 Å². The Hall–Kier alpha value is -0.870. The van der Waals surface area contributed by atoms with Crippen molar-refractivity contribution in [1.29, 1.82) is 0 Å². The highest BCUT2D eigenvalue weighted by Gasteiger charge is 2.12. The van der Waals surface area contributed by atoms with Gasteiger partial charge in [-0.15, -0.1) is 0 Å². The summed E-state index contributed by atoms with van der Waals surface area (Å²) in [5.74, 6) is 1.12. The second kappa shape index (κ2) is 7.95. The second-order valence-corrected chi connectivity index (χ2v) is 6.51. The molecule has 0 amide bonds. The van der Waals surface area contributed by atoms with E-state index in [1.807, 2.05) is 24.3 Å². The van der Waals surface area contributed by atoms with E-state index in [0.29, 0.717) is 5.92 Å². The third-order valence-electron chi connectivity index (χ3n) is 3.42. The molecule has 0 aliphatic heterocycles. The van der Waals surface area contributed by atoms with Gasteiger partial charge in [0.25, 0.3) is 0 Å². The minimum absolute atomic E-state index is 0.190. The molecular weight excluding hydrogens is 399 g/mol. The monoisotopic (exact) mass is 414 g/mol. The third kappa shape index (κ3) is 4.82. The predicted molar refractivity (Wildman–Crippen MR) is 91.8 cm³/mol. The van der Waals surface area contributed by atoms with E-state index in [4.69, 9.17) is 4.74 Å². The molecule has 0 aromatic heterocycles. The highest BCUT2D eigenvalue weighted by Crippen LogP contribution is 2.26. The van der Waals surface area contributed by atoms with E-state index in [2.05, 4.69) is 37.9 Å². The van der Waals surface area contributed by atoms with Crippen LogP contribution in [-0.2, 0) is 12.8 Å². The van der Waals surface area contributed by atoms with Gasteiger partial charge in [-0.25, -0.2) is 4.39 Å². The van der Waals surface area contributed by atoms with Crippen LogP contribution in [0.15, 0.2) is 46.9 Å². The number of benzene rings is 2. The van der Waals surface area contributed by atoms with Crippen molar-refractivity contribution < 1.29 is 9.13 Å². The van der Waals surface area contributed by atoms with Gasteiger partial charge in [-0.1, -0.05) is 44.0 Å².